The van der Waals surface area contributed by atoms with E-state index >= 15 is 0 Å². The molecule has 1 saturated heterocycles. The minimum Gasteiger partial charge on any atom is -0.457 e. The van der Waals surface area contributed by atoms with Gasteiger partial charge in [0, 0.05) is 29.2 Å². The molecule has 112 valence electrons. The summed E-state index contributed by atoms with van der Waals surface area (Å²) in [7, 11) is 0. The molecule has 0 aliphatic carbocycles. The standard InChI is InChI=1S/C17H22N2O2/c1-11-6-5-9-15(19-11)12(2)21-17(20)14-10-18-16-8-4-3-7-13(14)16/h3-4,7-8,10-12,15,18-19H,5-6,9H2,1-2H3. The molecule has 0 radical (unpaired) electrons. The lowest BCUT2D eigenvalue weighted by atomic mass is 9.96. The number of benzene rings is 1. The Morgan fingerprint density at radius 2 is 2.14 bits per heavy atom. The molecule has 1 fully saturated rings. The molecule has 2 aromatic rings. The molecule has 1 aliphatic rings. The molecule has 1 aliphatic heterocycles. The molecular weight excluding hydrogens is 264 g/mol. The zero-order chi connectivity index (χ0) is 14.8. The molecule has 21 heavy (non-hydrogen) atoms. The topological polar surface area (TPSA) is 54.1 Å². The van der Waals surface area contributed by atoms with Crippen molar-refractivity contribution in [2.75, 3.05) is 0 Å². The first kappa shape index (κ1) is 14.1. The van der Waals surface area contributed by atoms with Crippen molar-refractivity contribution in [2.24, 2.45) is 0 Å². The van der Waals surface area contributed by atoms with Crippen LogP contribution in [0, 0.1) is 0 Å². The van der Waals surface area contributed by atoms with E-state index in [0.717, 1.165) is 17.3 Å². The molecule has 0 bridgehead atoms. The number of rotatable bonds is 3. The maximum atomic E-state index is 12.4. The van der Waals surface area contributed by atoms with Crippen molar-refractivity contribution in [1.29, 1.82) is 0 Å². The minimum absolute atomic E-state index is 0.117. The number of carbonyl (C=O) groups is 1. The second-order valence-corrected chi connectivity index (χ2v) is 5.96. The van der Waals surface area contributed by atoms with Gasteiger partial charge in [-0.1, -0.05) is 24.6 Å². The number of hydrogen-bond acceptors (Lipinski definition) is 3. The van der Waals surface area contributed by atoms with Crippen molar-refractivity contribution >= 4 is 16.9 Å². The summed E-state index contributed by atoms with van der Waals surface area (Å²) in [5.41, 5.74) is 1.57. The summed E-state index contributed by atoms with van der Waals surface area (Å²) < 4.78 is 5.67. The van der Waals surface area contributed by atoms with Crippen LogP contribution in [0.25, 0.3) is 10.9 Å². The van der Waals surface area contributed by atoms with E-state index in [1.807, 2.05) is 31.2 Å². The van der Waals surface area contributed by atoms with Gasteiger partial charge in [0.1, 0.15) is 6.10 Å². The van der Waals surface area contributed by atoms with Gasteiger partial charge in [0.25, 0.3) is 0 Å². The number of ether oxygens (including phenoxy) is 1. The Labute approximate surface area is 124 Å². The Bertz CT molecular complexity index is 635. The van der Waals surface area contributed by atoms with Crippen LogP contribution in [0.15, 0.2) is 30.5 Å². The average Bonchev–Trinajstić information content (AvgIpc) is 2.91. The molecule has 0 saturated carbocycles. The van der Waals surface area contributed by atoms with E-state index in [9.17, 15) is 4.79 Å². The van der Waals surface area contributed by atoms with Crippen molar-refractivity contribution in [2.45, 2.75) is 51.3 Å². The van der Waals surface area contributed by atoms with Crippen LogP contribution in [-0.2, 0) is 4.74 Å². The molecule has 3 unspecified atom stereocenters. The lowest BCUT2D eigenvalue weighted by Crippen LogP contribution is -2.47. The highest BCUT2D eigenvalue weighted by Gasteiger charge is 2.26. The maximum Gasteiger partial charge on any atom is 0.340 e. The normalized spacial score (nSPS) is 23.9. The third kappa shape index (κ3) is 2.95. The highest BCUT2D eigenvalue weighted by atomic mass is 16.5. The number of piperidine rings is 1. The average molecular weight is 286 g/mol. The number of carbonyl (C=O) groups excluding carboxylic acids is 1. The van der Waals surface area contributed by atoms with E-state index in [4.69, 9.17) is 4.74 Å². The molecule has 1 aromatic heterocycles. The summed E-state index contributed by atoms with van der Waals surface area (Å²) in [6.07, 6.45) is 5.06. The Morgan fingerprint density at radius 3 is 2.95 bits per heavy atom. The third-order valence-electron chi connectivity index (χ3n) is 4.32. The summed E-state index contributed by atoms with van der Waals surface area (Å²) in [5, 5.41) is 4.44. The molecule has 2 N–H and O–H groups in total. The fourth-order valence-corrected chi connectivity index (χ4v) is 3.10. The SMILES string of the molecule is CC1CCCC(C(C)OC(=O)c2c[nH]c3ccccc23)N1. The van der Waals surface area contributed by atoms with Crippen LogP contribution in [-0.4, -0.2) is 29.1 Å². The molecular formula is C17H22N2O2. The second-order valence-electron chi connectivity index (χ2n) is 5.96. The van der Waals surface area contributed by atoms with Crippen molar-refractivity contribution in [3.63, 3.8) is 0 Å². The molecule has 2 heterocycles. The molecule has 1 aromatic carbocycles. The summed E-state index contributed by atoms with van der Waals surface area (Å²) in [4.78, 5) is 15.5. The fourth-order valence-electron chi connectivity index (χ4n) is 3.10. The van der Waals surface area contributed by atoms with Crippen LogP contribution in [0.2, 0.25) is 0 Å². The highest BCUT2D eigenvalue weighted by Crippen LogP contribution is 2.21. The van der Waals surface area contributed by atoms with Crippen molar-refractivity contribution in [3.8, 4) is 0 Å². The first-order chi connectivity index (χ1) is 10.1. The number of esters is 1. The van der Waals surface area contributed by atoms with Gasteiger partial charge in [-0.2, -0.15) is 0 Å². The number of fused-ring (bicyclic) bond motifs is 1. The molecule has 4 nitrogen and oxygen atoms in total. The number of aromatic nitrogens is 1. The van der Waals surface area contributed by atoms with E-state index in [2.05, 4.69) is 17.2 Å². The summed E-state index contributed by atoms with van der Waals surface area (Å²) in [5.74, 6) is -0.250. The molecule has 4 heteroatoms. The van der Waals surface area contributed by atoms with Crippen LogP contribution in [0.5, 0.6) is 0 Å². The van der Waals surface area contributed by atoms with Crippen LogP contribution < -0.4 is 5.32 Å². The monoisotopic (exact) mass is 286 g/mol. The number of aromatic amines is 1. The van der Waals surface area contributed by atoms with E-state index in [1.54, 1.807) is 6.20 Å². The van der Waals surface area contributed by atoms with Crippen molar-refractivity contribution < 1.29 is 9.53 Å². The van der Waals surface area contributed by atoms with E-state index in [-0.39, 0.29) is 18.1 Å². The first-order valence-electron chi connectivity index (χ1n) is 7.68. The lowest BCUT2D eigenvalue weighted by molar-refractivity contribution is 0.0209. The van der Waals surface area contributed by atoms with Gasteiger partial charge in [-0.05, 0) is 32.8 Å². The largest absolute Gasteiger partial charge is 0.457 e. The van der Waals surface area contributed by atoms with Gasteiger partial charge < -0.3 is 15.0 Å². The molecule has 3 atom stereocenters. The Kier molecular flexibility index (Phi) is 3.97. The van der Waals surface area contributed by atoms with Gasteiger partial charge in [-0.15, -0.1) is 0 Å². The van der Waals surface area contributed by atoms with E-state index in [0.29, 0.717) is 11.6 Å². The lowest BCUT2D eigenvalue weighted by Gasteiger charge is -2.32. The number of para-hydroxylation sites is 1. The van der Waals surface area contributed by atoms with E-state index in [1.165, 1.54) is 12.8 Å². The van der Waals surface area contributed by atoms with Gasteiger partial charge in [-0.25, -0.2) is 4.79 Å². The first-order valence-corrected chi connectivity index (χ1v) is 7.68. The quantitative estimate of drug-likeness (QED) is 0.852. The molecule has 0 spiro atoms. The fraction of sp³-hybridized carbons (Fsp3) is 0.471. The number of hydrogen-bond donors (Lipinski definition) is 2. The van der Waals surface area contributed by atoms with Gasteiger partial charge in [0.2, 0.25) is 0 Å². The zero-order valence-electron chi connectivity index (χ0n) is 12.6. The minimum atomic E-state index is -0.250. The summed E-state index contributed by atoms with van der Waals surface area (Å²) in [6.45, 7) is 4.16. The summed E-state index contributed by atoms with van der Waals surface area (Å²) >= 11 is 0. The van der Waals surface area contributed by atoms with Crippen LogP contribution in [0.4, 0.5) is 0 Å². The van der Waals surface area contributed by atoms with Gasteiger partial charge in [0.15, 0.2) is 0 Å². The Morgan fingerprint density at radius 1 is 1.33 bits per heavy atom. The van der Waals surface area contributed by atoms with Crippen LogP contribution in [0.3, 0.4) is 0 Å². The molecule has 3 rings (SSSR count). The van der Waals surface area contributed by atoms with Gasteiger partial charge >= 0.3 is 5.97 Å². The van der Waals surface area contributed by atoms with Gasteiger partial charge in [-0.3, -0.25) is 0 Å². The third-order valence-corrected chi connectivity index (χ3v) is 4.32. The van der Waals surface area contributed by atoms with Crippen molar-refractivity contribution in [1.82, 2.24) is 10.3 Å². The predicted octanol–water partition coefficient (Wildman–Crippen LogP) is 3.24. The zero-order valence-corrected chi connectivity index (χ0v) is 12.6. The van der Waals surface area contributed by atoms with Crippen LogP contribution >= 0.6 is 0 Å². The smallest absolute Gasteiger partial charge is 0.340 e. The number of nitrogens with one attached hydrogen (secondary N) is 2. The predicted molar refractivity (Wildman–Crippen MR) is 83.4 cm³/mol. The highest BCUT2D eigenvalue weighted by molar-refractivity contribution is 6.04. The van der Waals surface area contributed by atoms with E-state index < -0.39 is 0 Å². The Balaban J connectivity index is 1.71. The van der Waals surface area contributed by atoms with Crippen molar-refractivity contribution in [3.05, 3.63) is 36.0 Å². The maximum absolute atomic E-state index is 12.4. The van der Waals surface area contributed by atoms with Crippen LogP contribution in [0.1, 0.15) is 43.5 Å². The summed E-state index contributed by atoms with van der Waals surface area (Å²) in [6, 6.07) is 8.53. The molecule has 0 amide bonds. The Hall–Kier alpha value is -1.81. The number of H-pyrrole nitrogens is 1. The second kappa shape index (κ2) is 5.90. The van der Waals surface area contributed by atoms with Gasteiger partial charge in [0.05, 0.1) is 5.56 Å².